The predicted molar refractivity (Wildman–Crippen MR) is 200 cm³/mol. The lowest BCUT2D eigenvalue weighted by Crippen LogP contribution is -2.69. The van der Waals surface area contributed by atoms with Crippen LogP contribution in [-0.4, -0.2) is 139 Å². The number of aliphatic hydroxyl groups excluding tert-OH is 7. The summed E-state index contributed by atoms with van der Waals surface area (Å²) in [5.41, 5.74) is -0.931. The maximum atomic E-state index is 13.1. The van der Waals surface area contributed by atoms with E-state index >= 15 is 0 Å². The highest BCUT2D eigenvalue weighted by atomic mass is 16.7. The van der Waals surface area contributed by atoms with Crippen LogP contribution in [0.25, 0.3) is 0 Å². The van der Waals surface area contributed by atoms with Crippen LogP contribution in [0.1, 0.15) is 98.8 Å². The number of fused-ring (bicyclic) bond motifs is 7. The largest absolute Gasteiger partial charge is 0.481 e. The maximum absolute atomic E-state index is 13.1. The summed E-state index contributed by atoms with van der Waals surface area (Å²) in [4.78, 5) is 25.4. The summed E-state index contributed by atoms with van der Waals surface area (Å²) in [6.07, 6.45) is -10.7. The monoisotopic (exact) mass is 810 g/mol. The lowest BCUT2D eigenvalue weighted by Gasteiger charge is -2.73. The van der Waals surface area contributed by atoms with E-state index < -0.39 is 96.9 Å². The van der Waals surface area contributed by atoms with Crippen molar-refractivity contribution in [1.82, 2.24) is 0 Å². The van der Waals surface area contributed by atoms with Crippen molar-refractivity contribution in [2.45, 2.75) is 166 Å². The van der Waals surface area contributed by atoms with Gasteiger partial charge in [-0.05, 0) is 117 Å². The zero-order chi connectivity index (χ0) is 41.8. The average Bonchev–Trinajstić information content (AvgIpc) is 3.57. The van der Waals surface area contributed by atoms with Gasteiger partial charge < -0.3 is 64.9 Å². The molecule has 2 unspecified atom stereocenters. The van der Waals surface area contributed by atoms with Crippen molar-refractivity contribution in [1.29, 1.82) is 0 Å². The standard InChI is InChI=1S/C42H66O15/c1-19(2)20-9-14-42(37(52)53)16-15-40(5)21(26(20)42)7-8-24-38(3)12-11-25(39(4,18-44)23(38)10-13-41(24,40)6)55-36-31(49)32(30(48)33(57-36)34(50)51)56-35-29(47)28(46)27(45)22(17-43)54-35/h20-33,35-36,43-49H,1,7-18H2,2-6H3,(H,50,51)(H,52,53)/t20-,21+,22+,23?,24+,25-,26?,27+,28-,29+,30-,31+,32-,33-,35-,36+,38-,39-,40+,41+,42-/m0/s1. The van der Waals surface area contributed by atoms with Crippen molar-refractivity contribution < 1.29 is 74.5 Å². The molecule has 0 aromatic heterocycles. The Morgan fingerprint density at radius 1 is 0.719 bits per heavy atom. The van der Waals surface area contributed by atoms with Crippen molar-refractivity contribution in [2.24, 2.45) is 56.7 Å². The van der Waals surface area contributed by atoms with E-state index in [9.17, 15) is 55.5 Å². The zero-order valence-corrected chi connectivity index (χ0v) is 33.9. The van der Waals surface area contributed by atoms with E-state index in [0.29, 0.717) is 25.7 Å². The number of allylic oxidation sites excluding steroid dienone is 1. The third kappa shape index (κ3) is 6.22. The second kappa shape index (κ2) is 15.0. The predicted octanol–water partition coefficient (Wildman–Crippen LogP) is 1.80. The Morgan fingerprint density at radius 3 is 2.02 bits per heavy atom. The molecule has 15 heteroatoms. The van der Waals surface area contributed by atoms with Gasteiger partial charge in [0.1, 0.15) is 42.7 Å². The number of aliphatic hydroxyl groups is 7. The summed E-state index contributed by atoms with van der Waals surface area (Å²) in [5.74, 6) is -1.52. The van der Waals surface area contributed by atoms with Gasteiger partial charge in [0.2, 0.25) is 0 Å². The number of carboxylic acids is 2. The summed E-state index contributed by atoms with van der Waals surface area (Å²) >= 11 is 0. The fourth-order valence-corrected chi connectivity index (χ4v) is 14.6. The minimum absolute atomic E-state index is 0.0360. The van der Waals surface area contributed by atoms with Crippen LogP contribution < -0.4 is 0 Å². The van der Waals surface area contributed by atoms with Crippen molar-refractivity contribution in [3.05, 3.63) is 12.2 Å². The van der Waals surface area contributed by atoms with Gasteiger partial charge in [-0.1, -0.05) is 39.8 Å². The van der Waals surface area contributed by atoms with Crippen LogP contribution in [0.15, 0.2) is 12.2 Å². The molecule has 15 nitrogen and oxygen atoms in total. The fraction of sp³-hybridized carbons (Fsp3) is 0.905. The lowest BCUT2D eigenvalue weighted by molar-refractivity contribution is -0.367. The van der Waals surface area contributed by atoms with Gasteiger partial charge in [0.15, 0.2) is 18.7 Å². The number of aliphatic carboxylic acids is 2. The van der Waals surface area contributed by atoms with Gasteiger partial charge >= 0.3 is 11.9 Å². The maximum Gasteiger partial charge on any atom is 0.335 e. The Bertz CT molecular complexity index is 1560. The van der Waals surface area contributed by atoms with Crippen LogP contribution in [0.5, 0.6) is 0 Å². The molecule has 57 heavy (non-hydrogen) atoms. The summed E-state index contributed by atoms with van der Waals surface area (Å²) in [6, 6.07) is 0. The molecule has 2 aliphatic heterocycles. The average molecular weight is 811 g/mol. The molecular weight excluding hydrogens is 744 g/mol. The molecule has 0 aromatic carbocycles. The SMILES string of the molecule is C=C(C)[C@@H]1CC[C@]2(C(=O)O)CC[C@]3(C)[C@H](CC[C@@H]4[C@@]5(C)CC[C@H](O[C@@H]6O[C@H](C(=O)O)[C@@H](O)[C@H](O[C@@H]7O[C@H](CO)[C@@H](O)[C@H](O)[C@H]7O)[C@H]6O)[C@@](C)(CO)C5CC[C@]43C)C12. The topological polar surface area (TPSA) is 253 Å². The van der Waals surface area contributed by atoms with E-state index in [0.717, 1.165) is 44.1 Å². The van der Waals surface area contributed by atoms with Gasteiger partial charge in [-0.3, -0.25) is 4.79 Å². The highest BCUT2D eigenvalue weighted by Crippen LogP contribution is 2.77. The Kier molecular flexibility index (Phi) is 11.4. The van der Waals surface area contributed by atoms with Gasteiger partial charge in [0.05, 0.1) is 24.7 Å². The molecule has 7 rings (SSSR count). The number of hydrogen-bond acceptors (Lipinski definition) is 13. The molecule has 2 heterocycles. The van der Waals surface area contributed by atoms with Crippen molar-refractivity contribution >= 4 is 11.9 Å². The van der Waals surface area contributed by atoms with Crippen LogP contribution in [0.2, 0.25) is 0 Å². The van der Waals surface area contributed by atoms with Crippen LogP contribution in [-0.2, 0) is 28.5 Å². The number of carbonyl (C=O) groups is 2. The van der Waals surface area contributed by atoms with Gasteiger partial charge in [-0.2, -0.15) is 0 Å². The Morgan fingerprint density at radius 2 is 1.40 bits per heavy atom. The molecule has 0 radical (unpaired) electrons. The van der Waals surface area contributed by atoms with E-state index in [1.54, 1.807) is 0 Å². The Balaban J connectivity index is 1.13. The molecule has 5 saturated carbocycles. The van der Waals surface area contributed by atoms with Crippen LogP contribution in [0, 0.1) is 56.7 Å². The first kappa shape index (κ1) is 43.3. The smallest absolute Gasteiger partial charge is 0.335 e. The van der Waals surface area contributed by atoms with Crippen LogP contribution in [0.4, 0.5) is 0 Å². The third-order valence-corrected chi connectivity index (χ3v) is 17.8. The molecule has 2 saturated heterocycles. The minimum Gasteiger partial charge on any atom is -0.481 e. The van der Waals surface area contributed by atoms with E-state index in [1.807, 2.05) is 6.92 Å². The summed E-state index contributed by atoms with van der Waals surface area (Å²) in [6.45, 7) is 14.5. The van der Waals surface area contributed by atoms with Crippen LogP contribution >= 0.6 is 0 Å². The number of carboxylic acid groups (broad SMARTS) is 2. The molecule has 9 N–H and O–H groups in total. The first-order valence-electron chi connectivity index (χ1n) is 21.0. The first-order chi connectivity index (χ1) is 26.7. The Hall–Kier alpha value is -1.76. The van der Waals surface area contributed by atoms with Gasteiger partial charge in [0.25, 0.3) is 0 Å². The van der Waals surface area contributed by atoms with E-state index in [-0.39, 0.29) is 52.4 Å². The quantitative estimate of drug-likeness (QED) is 0.119. The lowest BCUT2D eigenvalue weighted by atomic mass is 9.32. The van der Waals surface area contributed by atoms with Crippen molar-refractivity contribution in [3.63, 3.8) is 0 Å². The number of ether oxygens (including phenoxy) is 4. The van der Waals surface area contributed by atoms with Crippen LogP contribution in [0.3, 0.4) is 0 Å². The molecule has 7 fully saturated rings. The first-order valence-corrected chi connectivity index (χ1v) is 21.0. The summed E-state index contributed by atoms with van der Waals surface area (Å²) in [7, 11) is 0. The van der Waals surface area contributed by atoms with Crippen molar-refractivity contribution in [3.8, 4) is 0 Å². The molecule has 7 aliphatic rings. The van der Waals surface area contributed by atoms with E-state index in [1.165, 1.54) is 0 Å². The zero-order valence-electron chi connectivity index (χ0n) is 33.9. The normalized spacial score (nSPS) is 54.8. The second-order valence-electron chi connectivity index (χ2n) is 20.0. The number of rotatable bonds is 9. The Labute approximate surface area is 334 Å². The second-order valence-corrected chi connectivity index (χ2v) is 20.0. The highest BCUT2D eigenvalue weighted by Gasteiger charge is 2.72. The fourth-order valence-electron chi connectivity index (χ4n) is 14.6. The molecular formula is C42H66O15. The minimum atomic E-state index is -1.98. The number of hydrogen-bond donors (Lipinski definition) is 9. The molecule has 324 valence electrons. The molecule has 0 amide bonds. The summed E-state index contributed by atoms with van der Waals surface area (Å²) < 4.78 is 23.3. The van der Waals surface area contributed by atoms with E-state index in [4.69, 9.17) is 18.9 Å². The molecule has 0 spiro atoms. The third-order valence-electron chi connectivity index (χ3n) is 17.8. The molecule has 0 bridgehead atoms. The van der Waals surface area contributed by atoms with Gasteiger partial charge in [-0.15, -0.1) is 0 Å². The highest BCUT2D eigenvalue weighted by molar-refractivity contribution is 5.76. The summed E-state index contributed by atoms with van der Waals surface area (Å²) in [5, 5.41) is 95.4. The molecule has 21 atom stereocenters. The van der Waals surface area contributed by atoms with Crippen molar-refractivity contribution in [2.75, 3.05) is 13.2 Å². The molecule has 5 aliphatic carbocycles. The van der Waals surface area contributed by atoms with E-state index in [2.05, 4.69) is 34.3 Å². The van der Waals surface area contributed by atoms with Gasteiger partial charge in [-0.25, -0.2) is 4.79 Å². The van der Waals surface area contributed by atoms with Gasteiger partial charge in [0, 0.05) is 5.41 Å². The molecule has 0 aromatic rings.